The van der Waals surface area contributed by atoms with Crippen molar-refractivity contribution in [2.75, 3.05) is 18.2 Å². The number of anilines is 1. The molecule has 2 amide bonds. The average molecular weight is 425 g/mol. The summed E-state index contributed by atoms with van der Waals surface area (Å²) < 4.78 is 30.8. The van der Waals surface area contributed by atoms with E-state index in [4.69, 9.17) is 16.3 Å². The Hall–Kier alpha value is -2.36. The number of amides is 2. The Morgan fingerprint density at radius 3 is 2.79 bits per heavy atom. The third-order valence-corrected chi connectivity index (χ3v) is 5.26. The highest BCUT2D eigenvalue weighted by molar-refractivity contribution is 7.88. The molecule has 0 saturated carbocycles. The van der Waals surface area contributed by atoms with Gasteiger partial charge in [0.15, 0.2) is 0 Å². The molecule has 10 heteroatoms. The molecular weight excluding hydrogens is 404 g/mol. The molecule has 1 aliphatic heterocycles. The van der Waals surface area contributed by atoms with Gasteiger partial charge >= 0.3 is 6.03 Å². The van der Waals surface area contributed by atoms with Crippen molar-refractivity contribution >= 4 is 33.5 Å². The average Bonchev–Trinajstić information content (AvgIpc) is 2.61. The van der Waals surface area contributed by atoms with E-state index >= 15 is 0 Å². The van der Waals surface area contributed by atoms with Crippen LogP contribution in [0.3, 0.4) is 0 Å². The minimum Gasteiger partial charge on any atom is -0.492 e. The number of halogens is 1. The van der Waals surface area contributed by atoms with Crippen molar-refractivity contribution in [2.45, 2.75) is 25.4 Å². The molecule has 0 radical (unpaired) electrons. The third-order valence-electron chi connectivity index (χ3n) is 4.18. The first-order valence-electron chi connectivity index (χ1n) is 8.66. The van der Waals surface area contributed by atoms with Gasteiger partial charge in [-0.15, -0.1) is 0 Å². The highest BCUT2D eigenvalue weighted by atomic mass is 35.5. The molecule has 2 heterocycles. The van der Waals surface area contributed by atoms with Gasteiger partial charge in [-0.1, -0.05) is 29.8 Å². The number of sulfonamides is 1. The van der Waals surface area contributed by atoms with Crippen molar-refractivity contribution in [3.05, 3.63) is 52.7 Å². The van der Waals surface area contributed by atoms with E-state index < -0.39 is 22.1 Å². The number of rotatable bonds is 5. The van der Waals surface area contributed by atoms with Gasteiger partial charge in [0.05, 0.1) is 35.7 Å². The Balaban J connectivity index is 1.68. The number of hydrogen-bond donors (Lipinski definition) is 3. The van der Waals surface area contributed by atoms with Crippen LogP contribution in [-0.2, 0) is 10.0 Å². The SMILES string of the molecule is C[C@H](NS(C)(=O)=O)c1cccc(NC(=O)N[C@H]2CCOc3c(Cl)cccc32)n1. The molecule has 0 unspecified atom stereocenters. The third kappa shape index (κ3) is 5.12. The molecule has 3 N–H and O–H groups in total. The lowest BCUT2D eigenvalue weighted by molar-refractivity contribution is 0.232. The van der Waals surface area contributed by atoms with Crippen LogP contribution < -0.4 is 20.1 Å². The molecule has 0 aliphatic carbocycles. The predicted octanol–water partition coefficient (Wildman–Crippen LogP) is 2.99. The fourth-order valence-electron chi connectivity index (χ4n) is 2.99. The smallest absolute Gasteiger partial charge is 0.320 e. The first kappa shape index (κ1) is 20.4. The van der Waals surface area contributed by atoms with Crippen LogP contribution in [-0.4, -0.2) is 32.3 Å². The normalized spacial score (nSPS) is 17.2. The van der Waals surface area contributed by atoms with E-state index in [1.54, 1.807) is 31.2 Å². The van der Waals surface area contributed by atoms with Crippen molar-refractivity contribution < 1.29 is 17.9 Å². The Morgan fingerprint density at radius 2 is 2.04 bits per heavy atom. The summed E-state index contributed by atoms with van der Waals surface area (Å²) >= 11 is 6.15. The number of ether oxygens (including phenoxy) is 1. The number of carbonyl (C=O) groups excluding carboxylic acids is 1. The quantitative estimate of drug-likeness (QED) is 0.683. The molecular formula is C18H21ClN4O4S. The highest BCUT2D eigenvalue weighted by Crippen LogP contribution is 2.37. The lowest BCUT2D eigenvalue weighted by atomic mass is 10.0. The van der Waals surface area contributed by atoms with Crippen LogP contribution in [0.15, 0.2) is 36.4 Å². The summed E-state index contributed by atoms with van der Waals surface area (Å²) in [6.45, 7) is 2.13. The van der Waals surface area contributed by atoms with Crippen LogP contribution in [0.25, 0.3) is 0 Å². The van der Waals surface area contributed by atoms with Gasteiger partial charge in [0, 0.05) is 12.0 Å². The molecule has 150 valence electrons. The summed E-state index contributed by atoms with van der Waals surface area (Å²) in [5.74, 6) is 0.900. The largest absolute Gasteiger partial charge is 0.492 e. The van der Waals surface area contributed by atoms with Gasteiger partial charge in [-0.25, -0.2) is 22.9 Å². The van der Waals surface area contributed by atoms with E-state index in [0.717, 1.165) is 11.8 Å². The van der Waals surface area contributed by atoms with Crippen LogP contribution in [0, 0.1) is 0 Å². The molecule has 8 nitrogen and oxygen atoms in total. The van der Waals surface area contributed by atoms with Gasteiger partial charge < -0.3 is 10.1 Å². The van der Waals surface area contributed by atoms with Gasteiger partial charge in [0.25, 0.3) is 0 Å². The van der Waals surface area contributed by atoms with Gasteiger partial charge in [-0.2, -0.15) is 0 Å². The van der Waals surface area contributed by atoms with E-state index in [2.05, 4.69) is 20.3 Å². The molecule has 28 heavy (non-hydrogen) atoms. The zero-order valence-corrected chi connectivity index (χ0v) is 17.0. The zero-order chi connectivity index (χ0) is 20.3. The molecule has 3 rings (SSSR count). The number of hydrogen-bond acceptors (Lipinski definition) is 5. The van der Waals surface area contributed by atoms with Gasteiger partial charge in [-0.3, -0.25) is 5.32 Å². The summed E-state index contributed by atoms with van der Waals surface area (Å²) in [5.41, 5.74) is 1.31. The number of pyridine rings is 1. The summed E-state index contributed by atoms with van der Waals surface area (Å²) in [6, 6.07) is 9.23. The molecule has 1 aromatic heterocycles. The van der Waals surface area contributed by atoms with Crippen LogP contribution in [0.5, 0.6) is 5.75 Å². The second-order valence-corrected chi connectivity index (χ2v) is 8.69. The number of nitrogens with zero attached hydrogens (tertiary/aromatic N) is 1. The summed E-state index contributed by atoms with van der Waals surface area (Å²) in [5, 5.41) is 6.08. The molecule has 0 spiro atoms. The lowest BCUT2D eigenvalue weighted by Gasteiger charge is -2.27. The Bertz CT molecular complexity index is 983. The minimum absolute atomic E-state index is 0.239. The van der Waals surface area contributed by atoms with E-state index in [1.165, 1.54) is 0 Å². The number of para-hydroxylation sites is 1. The van der Waals surface area contributed by atoms with Crippen molar-refractivity contribution in [3.8, 4) is 5.75 Å². The molecule has 2 atom stereocenters. The standard InChI is InChI=1S/C18H21ClN4O4S/c1-11(23-28(2,25)26)14-7-4-8-16(20-14)22-18(24)21-15-9-10-27-17-12(15)5-3-6-13(17)19/h3-8,11,15,23H,9-10H2,1-2H3,(H2,20,21,22,24)/t11-,15-/m0/s1. The Morgan fingerprint density at radius 1 is 1.29 bits per heavy atom. The molecule has 1 aromatic carbocycles. The molecule has 1 aliphatic rings. The molecule has 2 aromatic rings. The van der Waals surface area contributed by atoms with Crippen molar-refractivity contribution in [1.82, 2.24) is 15.0 Å². The zero-order valence-electron chi connectivity index (χ0n) is 15.4. The molecule has 0 bridgehead atoms. The second-order valence-electron chi connectivity index (χ2n) is 6.51. The number of carbonyl (C=O) groups is 1. The van der Waals surface area contributed by atoms with Crippen LogP contribution >= 0.6 is 11.6 Å². The Labute approximate surface area is 168 Å². The summed E-state index contributed by atoms with van der Waals surface area (Å²) in [6.07, 6.45) is 1.70. The number of nitrogens with one attached hydrogen (secondary N) is 3. The van der Waals surface area contributed by atoms with Crippen molar-refractivity contribution in [1.29, 1.82) is 0 Å². The van der Waals surface area contributed by atoms with E-state index in [0.29, 0.717) is 35.3 Å². The first-order chi connectivity index (χ1) is 13.2. The first-order valence-corrected chi connectivity index (χ1v) is 10.9. The minimum atomic E-state index is -3.37. The number of aromatic nitrogens is 1. The summed E-state index contributed by atoms with van der Waals surface area (Å²) in [4.78, 5) is 16.7. The van der Waals surface area contributed by atoms with Crippen molar-refractivity contribution in [3.63, 3.8) is 0 Å². The monoisotopic (exact) mass is 424 g/mol. The van der Waals surface area contributed by atoms with Crippen LogP contribution in [0.2, 0.25) is 5.02 Å². The fourth-order valence-corrected chi connectivity index (χ4v) is 3.99. The van der Waals surface area contributed by atoms with Gasteiger partial charge in [0.1, 0.15) is 11.6 Å². The molecule has 0 saturated heterocycles. The van der Waals surface area contributed by atoms with Gasteiger partial charge in [-0.05, 0) is 25.1 Å². The summed E-state index contributed by atoms with van der Waals surface area (Å²) in [7, 11) is -3.37. The van der Waals surface area contributed by atoms with E-state index in [1.807, 2.05) is 12.1 Å². The number of urea groups is 1. The number of benzene rings is 1. The van der Waals surface area contributed by atoms with Gasteiger partial charge in [0.2, 0.25) is 10.0 Å². The highest BCUT2D eigenvalue weighted by Gasteiger charge is 2.25. The molecule has 0 fully saturated rings. The topological polar surface area (TPSA) is 109 Å². The van der Waals surface area contributed by atoms with Crippen LogP contribution in [0.4, 0.5) is 10.6 Å². The maximum absolute atomic E-state index is 12.4. The van der Waals surface area contributed by atoms with Crippen molar-refractivity contribution in [2.24, 2.45) is 0 Å². The maximum Gasteiger partial charge on any atom is 0.320 e. The predicted molar refractivity (Wildman–Crippen MR) is 107 cm³/mol. The lowest BCUT2D eigenvalue weighted by Crippen LogP contribution is -2.35. The second kappa shape index (κ2) is 8.34. The maximum atomic E-state index is 12.4. The van der Waals surface area contributed by atoms with Crippen LogP contribution in [0.1, 0.15) is 36.7 Å². The fraction of sp³-hybridized carbons (Fsp3) is 0.333. The van der Waals surface area contributed by atoms with E-state index in [9.17, 15) is 13.2 Å². The number of fused-ring (bicyclic) bond motifs is 1. The Kier molecular flexibility index (Phi) is 6.07. The van der Waals surface area contributed by atoms with E-state index in [-0.39, 0.29) is 6.04 Å².